The van der Waals surface area contributed by atoms with Crippen LogP contribution in [0.25, 0.3) is 32.7 Å². The predicted octanol–water partition coefficient (Wildman–Crippen LogP) is 6.56. The molecule has 0 saturated carbocycles. The fraction of sp³-hybridized carbons (Fsp3) is 0.231. The zero-order valence-electron chi connectivity index (χ0n) is 16.7. The number of aromatic hydroxyl groups is 1. The molecular weight excluding hydrogens is 360 g/mol. The van der Waals surface area contributed by atoms with Crippen LogP contribution in [0.5, 0.6) is 11.5 Å². The number of hydrogen-bond acceptors (Lipinski definition) is 3. The van der Waals surface area contributed by atoms with Crippen LogP contribution in [0, 0.1) is 0 Å². The Kier molecular flexibility index (Phi) is 5.97. The summed E-state index contributed by atoms with van der Waals surface area (Å²) in [6.07, 6.45) is 2.18. The van der Waals surface area contributed by atoms with Gasteiger partial charge in [-0.3, -0.25) is 0 Å². The quantitative estimate of drug-likeness (QED) is 0.348. The third-order valence-electron chi connectivity index (χ3n) is 5.18. The third-order valence-corrected chi connectivity index (χ3v) is 5.18. The van der Waals surface area contributed by atoms with E-state index in [1.54, 1.807) is 6.07 Å². The Morgan fingerprint density at radius 1 is 0.690 bits per heavy atom. The second-order valence-corrected chi connectivity index (χ2v) is 7.16. The number of phenols is 1. The van der Waals surface area contributed by atoms with Gasteiger partial charge in [-0.05, 0) is 40.1 Å². The average molecular weight is 386 g/mol. The summed E-state index contributed by atoms with van der Waals surface area (Å²) in [6, 6.07) is 24.1. The number of unbranched alkanes of at least 4 members (excludes halogenated alkanes) is 1. The van der Waals surface area contributed by atoms with Crippen molar-refractivity contribution in [2.24, 2.45) is 0 Å². The van der Waals surface area contributed by atoms with Crippen molar-refractivity contribution in [3.63, 3.8) is 0 Å². The summed E-state index contributed by atoms with van der Waals surface area (Å²) in [5.41, 5.74) is 1.73. The van der Waals surface area contributed by atoms with Crippen molar-refractivity contribution in [2.45, 2.75) is 19.8 Å². The normalized spacial score (nSPS) is 11.2. The van der Waals surface area contributed by atoms with Crippen molar-refractivity contribution in [3.05, 3.63) is 72.8 Å². The maximum atomic E-state index is 10.8. The van der Waals surface area contributed by atoms with Gasteiger partial charge in [0.2, 0.25) is 0 Å². The Hall–Kier alpha value is -3.04. The van der Waals surface area contributed by atoms with Crippen molar-refractivity contribution >= 4 is 21.5 Å². The SMILES string of the molecule is CCCCOCCOc1ccc2ccccc2c1-c1c(O)ccc2ccccc12. The van der Waals surface area contributed by atoms with Crippen LogP contribution in [0.2, 0.25) is 0 Å². The van der Waals surface area contributed by atoms with E-state index in [9.17, 15) is 5.11 Å². The zero-order valence-corrected chi connectivity index (χ0v) is 16.7. The van der Waals surface area contributed by atoms with Crippen LogP contribution in [0.15, 0.2) is 72.8 Å². The molecule has 0 aliphatic carbocycles. The standard InChI is InChI=1S/C26H26O3/c1-2-3-16-28-17-18-29-24-15-13-20-9-5-7-11-22(20)26(24)25-21-10-6-4-8-19(21)12-14-23(25)27/h4-15,27H,2-3,16-18H2,1H3. The minimum Gasteiger partial charge on any atom is -0.507 e. The molecular formula is C26H26O3. The first kappa shape index (κ1) is 19.3. The van der Waals surface area contributed by atoms with Gasteiger partial charge >= 0.3 is 0 Å². The molecule has 0 fully saturated rings. The van der Waals surface area contributed by atoms with E-state index in [0.29, 0.717) is 13.2 Å². The molecule has 4 aromatic rings. The van der Waals surface area contributed by atoms with Crippen LogP contribution in [-0.2, 0) is 4.74 Å². The fourth-order valence-electron chi connectivity index (χ4n) is 3.71. The van der Waals surface area contributed by atoms with E-state index in [4.69, 9.17) is 9.47 Å². The lowest BCUT2D eigenvalue weighted by molar-refractivity contribution is 0.0983. The van der Waals surface area contributed by atoms with E-state index < -0.39 is 0 Å². The van der Waals surface area contributed by atoms with Crippen LogP contribution in [0.4, 0.5) is 0 Å². The van der Waals surface area contributed by atoms with Gasteiger partial charge in [-0.25, -0.2) is 0 Å². The molecule has 0 spiro atoms. The number of fused-ring (bicyclic) bond motifs is 2. The second-order valence-electron chi connectivity index (χ2n) is 7.16. The monoisotopic (exact) mass is 386 g/mol. The summed E-state index contributed by atoms with van der Waals surface area (Å²) < 4.78 is 11.8. The Morgan fingerprint density at radius 2 is 1.34 bits per heavy atom. The average Bonchev–Trinajstić information content (AvgIpc) is 2.76. The van der Waals surface area contributed by atoms with Gasteiger partial charge in [0.05, 0.1) is 6.61 Å². The Morgan fingerprint density at radius 3 is 2.07 bits per heavy atom. The molecule has 0 heterocycles. The van der Waals surface area contributed by atoms with Crippen molar-refractivity contribution in [3.8, 4) is 22.6 Å². The van der Waals surface area contributed by atoms with Crippen LogP contribution in [-0.4, -0.2) is 24.9 Å². The van der Waals surface area contributed by atoms with Gasteiger partial charge in [0.25, 0.3) is 0 Å². The van der Waals surface area contributed by atoms with Gasteiger partial charge in [-0.15, -0.1) is 0 Å². The molecule has 3 heteroatoms. The Balaban J connectivity index is 1.79. The van der Waals surface area contributed by atoms with Gasteiger partial charge in [0.15, 0.2) is 0 Å². The summed E-state index contributed by atoms with van der Waals surface area (Å²) in [5.74, 6) is 1.01. The van der Waals surface area contributed by atoms with Crippen LogP contribution < -0.4 is 4.74 Å². The topological polar surface area (TPSA) is 38.7 Å². The lowest BCUT2D eigenvalue weighted by atomic mass is 9.92. The van der Waals surface area contributed by atoms with Crippen molar-refractivity contribution < 1.29 is 14.6 Å². The highest BCUT2D eigenvalue weighted by atomic mass is 16.5. The first-order valence-electron chi connectivity index (χ1n) is 10.2. The third kappa shape index (κ3) is 4.06. The minimum atomic E-state index is 0.254. The van der Waals surface area contributed by atoms with E-state index in [2.05, 4.69) is 31.2 Å². The van der Waals surface area contributed by atoms with E-state index in [1.165, 1.54) is 0 Å². The lowest BCUT2D eigenvalue weighted by Crippen LogP contribution is -2.08. The Bertz CT molecular complexity index is 1120. The number of phenolic OH excluding ortho intramolecular Hbond substituents is 1. The largest absolute Gasteiger partial charge is 0.507 e. The highest BCUT2D eigenvalue weighted by molar-refractivity contribution is 6.09. The molecule has 29 heavy (non-hydrogen) atoms. The van der Waals surface area contributed by atoms with Gasteiger partial charge < -0.3 is 14.6 Å². The number of rotatable bonds is 8. The highest BCUT2D eigenvalue weighted by Crippen LogP contribution is 2.44. The van der Waals surface area contributed by atoms with Gasteiger partial charge in [0.1, 0.15) is 18.1 Å². The maximum Gasteiger partial charge on any atom is 0.128 e. The molecule has 4 aromatic carbocycles. The van der Waals surface area contributed by atoms with Gasteiger partial charge in [-0.1, -0.05) is 74.0 Å². The first-order chi connectivity index (χ1) is 14.3. The Labute approximate surface area is 171 Å². The molecule has 0 radical (unpaired) electrons. The lowest BCUT2D eigenvalue weighted by Gasteiger charge is -2.17. The fourth-order valence-corrected chi connectivity index (χ4v) is 3.71. The molecule has 0 aliphatic rings. The number of hydrogen-bond donors (Lipinski definition) is 1. The molecule has 0 aromatic heterocycles. The molecule has 0 aliphatic heterocycles. The van der Waals surface area contributed by atoms with E-state index in [1.807, 2.05) is 42.5 Å². The van der Waals surface area contributed by atoms with Crippen molar-refractivity contribution in [1.82, 2.24) is 0 Å². The second kappa shape index (κ2) is 8.97. The van der Waals surface area contributed by atoms with Crippen molar-refractivity contribution in [2.75, 3.05) is 19.8 Å². The van der Waals surface area contributed by atoms with Gasteiger partial charge in [0, 0.05) is 17.7 Å². The summed E-state index contributed by atoms with van der Waals surface area (Å²) in [6.45, 7) is 3.93. The van der Waals surface area contributed by atoms with Crippen LogP contribution in [0.1, 0.15) is 19.8 Å². The highest BCUT2D eigenvalue weighted by Gasteiger charge is 2.17. The van der Waals surface area contributed by atoms with Gasteiger partial charge in [-0.2, -0.15) is 0 Å². The summed E-state index contributed by atoms with van der Waals surface area (Å²) in [5, 5.41) is 15.1. The predicted molar refractivity (Wildman–Crippen MR) is 120 cm³/mol. The number of benzene rings is 4. The van der Waals surface area contributed by atoms with Crippen molar-refractivity contribution in [1.29, 1.82) is 0 Å². The summed E-state index contributed by atoms with van der Waals surface area (Å²) in [7, 11) is 0. The molecule has 4 rings (SSSR count). The molecule has 0 atom stereocenters. The maximum absolute atomic E-state index is 10.8. The minimum absolute atomic E-state index is 0.254. The van der Waals surface area contributed by atoms with E-state index in [-0.39, 0.29) is 5.75 Å². The molecule has 0 bridgehead atoms. The molecule has 3 nitrogen and oxygen atoms in total. The van der Waals surface area contributed by atoms with Crippen LogP contribution in [0.3, 0.4) is 0 Å². The zero-order chi connectivity index (χ0) is 20.1. The molecule has 148 valence electrons. The molecule has 0 saturated heterocycles. The molecule has 1 N–H and O–H groups in total. The smallest absolute Gasteiger partial charge is 0.128 e. The molecule has 0 unspecified atom stereocenters. The summed E-state index contributed by atoms with van der Waals surface area (Å²) in [4.78, 5) is 0. The summed E-state index contributed by atoms with van der Waals surface area (Å²) >= 11 is 0. The van der Waals surface area contributed by atoms with Crippen LogP contribution >= 0.6 is 0 Å². The number of ether oxygens (including phenoxy) is 2. The van der Waals surface area contributed by atoms with E-state index >= 15 is 0 Å². The first-order valence-corrected chi connectivity index (χ1v) is 10.2. The van der Waals surface area contributed by atoms with E-state index in [0.717, 1.165) is 57.9 Å². The molecule has 0 amide bonds.